The number of nitrogens with zero attached hydrogens (tertiary/aromatic N) is 1. The first kappa shape index (κ1) is 20.2. The van der Waals surface area contributed by atoms with Crippen molar-refractivity contribution in [3.8, 4) is 0 Å². The van der Waals surface area contributed by atoms with Gasteiger partial charge in [0, 0.05) is 18.9 Å². The Morgan fingerprint density at radius 1 is 1.30 bits per heavy atom. The van der Waals surface area contributed by atoms with E-state index in [9.17, 15) is 14.0 Å². The van der Waals surface area contributed by atoms with Gasteiger partial charge in [-0.1, -0.05) is 6.92 Å². The van der Waals surface area contributed by atoms with Gasteiger partial charge in [-0.25, -0.2) is 4.39 Å². The van der Waals surface area contributed by atoms with Gasteiger partial charge in [-0.05, 0) is 79.8 Å². The summed E-state index contributed by atoms with van der Waals surface area (Å²) in [6.07, 6.45) is 10.1. The van der Waals surface area contributed by atoms with Crippen LogP contribution in [-0.2, 0) is 14.3 Å². The fraction of sp³-hybridized carbons (Fsp3) is 0.750. The molecule has 5 aliphatic rings. The van der Waals surface area contributed by atoms with Gasteiger partial charge in [0.2, 0.25) is 0 Å². The lowest BCUT2D eigenvalue weighted by Crippen LogP contribution is -2.35. The molecule has 0 aromatic rings. The molecule has 0 saturated heterocycles. The van der Waals surface area contributed by atoms with Crippen LogP contribution < -0.4 is 0 Å². The van der Waals surface area contributed by atoms with Gasteiger partial charge in [0.05, 0.1) is 18.3 Å². The Morgan fingerprint density at radius 2 is 2.07 bits per heavy atom. The highest BCUT2D eigenvalue weighted by atomic mass is 19.1. The van der Waals surface area contributed by atoms with E-state index >= 15 is 0 Å². The smallest absolute Gasteiger partial charge is 0.323 e. The molecule has 0 aromatic heterocycles. The van der Waals surface area contributed by atoms with Crippen LogP contribution in [0.5, 0.6) is 0 Å². The summed E-state index contributed by atoms with van der Waals surface area (Å²) < 4.78 is 21.4. The van der Waals surface area contributed by atoms with Crippen molar-refractivity contribution in [3.63, 3.8) is 0 Å². The molecule has 5 atom stereocenters. The van der Waals surface area contributed by atoms with Crippen molar-refractivity contribution in [2.24, 2.45) is 28.6 Å². The zero-order chi connectivity index (χ0) is 21.3. The summed E-state index contributed by atoms with van der Waals surface area (Å²) >= 11 is 0. The fourth-order valence-electron chi connectivity index (χ4n) is 7.08. The molecule has 164 valence electrons. The summed E-state index contributed by atoms with van der Waals surface area (Å²) in [6, 6.07) is 0. The normalized spacial score (nSPS) is 39.4. The highest BCUT2D eigenvalue weighted by Gasteiger charge is 2.73. The molecule has 30 heavy (non-hydrogen) atoms. The quantitative estimate of drug-likeness (QED) is 0.677. The number of aliphatic carboxylic acids is 1. The SMILES string of the molecule is CC1CC2CC3(COC4CC(F)=C(C(=O)N(C)CC(=O)O)C=C4C4CC4)CC3(C1)C2. The van der Waals surface area contributed by atoms with E-state index in [1.165, 1.54) is 39.2 Å². The van der Waals surface area contributed by atoms with Crippen LogP contribution in [0.15, 0.2) is 23.0 Å². The van der Waals surface area contributed by atoms with Crippen LogP contribution in [0.4, 0.5) is 4.39 Å². The monoisotopic (exact) mass is 417 g/mol. The number of carbonyl (C=O) groups excluding carboxylic acids is 1. The van der Waals surface area contributed by atoms with E-state index in [4.69, 9.17) is 9.84 Å². The van der Waals surface area contributed by atoms with Crippen LogP contribution >= 0.6 is 0 Å². The number of halogens is 1. The molecule has 5 rings (SSSR count). The van der Waals surface area contributed by atoms with Crippen molar-refractivity contribution in [3.05, 3.63) is 23.0 Å². The van der Waals surface area contributed by atoms with E-state index in [-0.39, 0.29) is 18.1 Å². The minimum Gasteiger partial charge on any atom is -0.480 e. The largest absolute Gasteiger partial charge is 0.480 e. The number of likely N-dealkylation sites (N-methyl/N-ethyl adjacent to an activating group) is 1. The summed E-state index contributed by atoms with van der Waals surface area (Å²) in [5.41, 5.74) is 1.81. The molecule has 4 saturated carbocycles. The van der Waals surface area contributed by atoms with Crippen molar-refractivity contribution in [2.75, 3.05) is 20.2 Å². The number of rotatable bonds is 7. The molecule has 4 fully saturated rings. The van der Waals surface area contributed by atoms with Gasteiger partial charge in [0.1, 0.15) is 12.4 Å². The number of amides is 1. The average Bonchev–Trinajstić information content (AvgIpc) is 3.56. The highest BCUT2D eigenvalue weighted by Crippen LogP contribution is 2.80. The van der Waals surface area contributed by atoms with E-state index in [1.54, 1.807) is 6.08 Å². The Morgan fingerprint density at radius 3 is 2.77 bits per heavy atom. The number of carbonyl (C=O) groups is 2. The first-order chi connectivity index (χ1) is 14.2. The Labute approximate surface area is 177 Å². The Balaban J connectivity index is 1.29. The second-order valence-corrected chi connectivity index (χ2v) is 10.9. The second-order valence-electron chi connectivity index (χ2n) is 10.9. The number of fused-ring (bicyclic) bond motifs is 1. The highest BCUT2D eigenvalue weighted by molar-refractivity contribution is 5.98. The number of carboxylic acids is 1. The number of hydrogen-bond donors (Lipinski definition) is 1. The molecule has 1 amide bonds. The summed E-state index contributed by atoms with van der Waals surface area (Å²) in [7, 11) is 1.40. The molecule has 1 N–H and O–H groups in total. The average molecular weight is 418 g/mol. The van der Waals surface area contributed by atoms with E-state index in [1.807, 2.05) is 0 Å². The molecule has 1 spiro atoms. The molecule has 0 heterocycles. The van der Waals surface area contributed by atoms with E-state index < -0.39 is 24.2 Å². The lowest BCUT2D eigenvalue weighted by Gasteiger charge is -2.29. The molecule has 0 radical (unpaired) electrons. The van der Waals surface area contributed by atoms with Crippen molar-refractivity contribution < 1.29 is 23.8 Å². The fourth-order valence-corrected chi connectivity index (χ4v) is 7.08. The summed E-state index contributed by atoms with van der Waals surface area (Å²) in [4.78, 5) is 24.6. The zero-order valence-corrected chi connectivity index (χ0v) is 18.0. The Bertz CT molecular complexity index is 846. The number of hydrogen-bond acceptors (Lipinski definition) is 3. The van der Waals surface area contributed by atoms with E-state index in [0.717, 1.165) is 35.2 Å². The summed E-state index contributed by atoms with van der Waals surface area (Å²) in [6.45, 7) is 2.64. The third kappa shape index (κ3) is 3.31. The molecule has 6 heteroatoms. The van der Waals surface area contributed by atoms with Crippen molar-refractivity contribution >= 4 is 11.9 Å². The molecule has 0 aromatic carbocycles. The van der Waals surface area contributed by atoms with E-state index in [2.05, 4.69) is 6.92 Å². The van der Waals surface area contributed by atoms with Crippen LogP contribution in [-0.4, -0.2) is 48.2 Å². The van der Waals surface area contributed by atoms with Crippen molar-refractivity contribution in [1.29, 1.82) is 0 Å². The third-order valence-corrected chi connectivity index (χ3v) is 8.41. The van der Waals surface area contributed by atoms with Gasteiger partial charge in [0.15, 0.2) is 0 Å². The van der Waals surface area contributed by atoms with Crippen LogP contribution in [0, 0.1) is 28.6 Å². The summed E-state index contributed by atoms with van der Waals surface area (Å²) in [5.74, 6) is -0.144. The van der Waals surface area contributed by atoms with Crippen LogP contribution in [0.1, 0.15) is 58.3 Å². The van der Waals surface area contributed by atoms with E-state index in [0.29, 0.717) is 23.4 Å². The van der Waals surface area contributed by atoms with Gasteiger partial charge in [0.25, 0.3) is 5.91 Å². The van der Waals surface area contributed by atoms with Crippen molar-refractivity contribution in [2.45, 2.75) is 64.4 Å². The molecule has 0 aliphatic heterocycles. The predicted octanol–water partition coefficient (Wildman–Crippen LogP) is 4.09. The molecular formula is C24H32FNO4. The van der Waals surface area contributed by atoms with Crippen LogP contribution in [0.2, 0.25) is 0 Å². The Kier molecular flexibility index (Phi) is 4.66. The lowest BCUT2D eigenvalue weighted by molar-refractivity contribution is -0.142. The molecule has 5 nitrogen and oxygen atoms in total. The molecule has 2 bridgehead atoms. The first-order valence-electron chi connectivity index (χ1n) is 11.4. The van der Waals surface area contributed by atoms with Crippen LogP contribution in [0.25, 0.3) is 0 Å². The number of carboxylic acid groups (broad SMARTS) is 1. The minimum atomic E-state index is -1.11. The maximum absolute atomic E-state index is 14.9. The molecular weight excluding hydrogens is 385 g/mol. The van der Waals surface area contributed by atoms with Gasteiger partial charge in [-0.2, -0.15) is 0 Å². The number of ether oxygens (including phenoxy) is 1. The predicted molar refractivity (Wildman–Crippen MR) is 109 cm³/mol. The van der Waals surface area contributed by atoms with Gasteiger partial charge in [-0.15, -0.1) is 0 Å². The Hall–Kier alpha value is -1.69. The minimum absolute atomic E-state index is 0.00658. The first-order valence-corrected chi connectivity index (χ1v) is 11.4. The lowest BCUT2D eigenvalue weighted by atomic mass is 9.77. The molecule has 5 unspecified atom stereocenters. The van der Waals surface area contributed by atoms with Gasteiger partial charge < -0.3 is 14.7 Å². The van der Waals surface area contributed by atoms with Gasteiger partial charge >= 0.3 is 5.97 Å². The second kappa shape index (κ2) is 6.91. The maximum atomic E-state index is 14.9. The summed E-state index contributed by atoms with van der Waals surface area (Å²) in [5, 5.41) is 8.93. The molecule has 5 aliphatic carbocycles. The standard InChI is InChI=1S/C24H32FNO4/c1-14-5-15-9-23(8-14)12-24(23,10-15)13-30-20-7-19(25)18(6-17(20)16-3-4-16)22(29)26(2)11-21(27)28/h6,14-16,20H,3-5,7-13H2,1-2H3,(H,27,28). The van der Waals surface area contributed by atoms with Crippen molar-refractivity contribution in [1.82, 2.24) is 4.90 Å². The zero-order valence-electron chi connectivity index (χ0n) is 18.0. The third-order valence-electron chi connectivity index (χ3n) is 8.41. The topological polar surface area (TPSA) is 66.8 Å². The van der Waals surface area contributed by atoms with Gasteiger partial charge in [-0.3, -0.25) is 9.59 Å². The maximum Gasteiger partial charge on any atom is 0.323 e. The van der Waals surface area contributed by atoms with Crippen LogP contribution in [0.3, 0.4) is 0 Å².